The molecule has 3 aliphatic rings. The third kappa shape index (κ3) is 5.92. The lowest BCUT2D eigenvalue weighted by Gasteiger charge is -2.33. The Kier molecular flexibility index (Phi) is 9.50. The molecule has 0 saturated carbocycles. The molecule has 66 heavy (non-hydrogen) atoms. The van der Waals surface area contributed by atoms with Crippen molar-refractivity contribution >= 4 is 52.0 Å². The zero-order chi connectivity index (χ0) is 44.4. The Morgan fingerprint density at radius 3 is 1.95 bits per heavy atom. The van der Waals surface area contributed by atoms with Crippen molar-refractivity contribution in [3.05, 3.63) is 250 Å². The van der Waals surface area contributed by atoms with Crippen LogP contribution in [0.1, 0.15) is 76.8 Å². The van der Waals surface area contributed by atoms with Crippen molar-refractivity contribution in [2.75, 3.05) is 23.4 Å². The van der Waals surface area contributed by atoms with E-state index in [0.717, 1.165) is 47.5 Å². The van der Waals surface area contributed by atoms with E-state index in [1.54, 1.807) is 0 Å². The maximum Gasteiger partial charge on any atom is 0.138 e. The standard InChI is InChI=1S/C63H51N3/c1-4-62(5-2)56-41-43(30-32-44-19-17-29-55-59(44)53-27-15-16-28-54(53)63(55,47-21-9-6-10-22-47)48-23-11-7-12-24-48)31-37-51(56)52-38-36-50(42-57(52)62)66(49-25-13-8-14-26-49)58-39-35-45-33-34-46-20-18-40-65(3)61(46)60(45)64-58/h6-39,41-42H,4-5,40H2,1-3H3. The Hall–Kier alpha value is -7.75. The summed E-state index contributed by atoms with van der Waals surface area (Å²) in [6.45, 7) is 5.59. The van der Waals surface area contributed by atoms with E-state index in [-0.39, 0.29) is 5.41 Å². The second-order valence-corrected chi connectivity index (χ2v) is 18.2. The van der Waals surface area contributed by atoms with Gasteiger partial charge in [0.15, 0.2) is 0 Å². The van der Waals surface area contributed by atoms with E-state index in [4.69, 9.17) is 4.98 Å². The van der Waals surface area contributed by atoms with E-state index in [1.165, 1.54) is 78.0 Å². The van der Waals surface area contributed by atoms with Gasteiger partial charge in [0.1, 0.15) is 5.82 Å². The van der Waals surface area contributed by atoms with Crippen LogP contribution in [-0.4, -0.2) is 18.6 Å². The summed E-state index contributed by atoms with van der Waals surface area (Å²) in [5, 5.41) is 1.15. The number of likely N-dealkylation sites (N-methyl/N-ethyl adjacent to an activating group) is 1. The molecule has 0 spiro atoms. The minimum absolute atomic E-state index is 0.143. The summed E-state index contributed by atoms with van der Waals surface area (Å²) in [5.74, 6) is 0.909. The number of hydrogen-bond donors (Lipinski definition) is 0. The van der Waals surface area contributed by atoms with Crippen molar-refractivity contribution in [3.63, 3.8) is 0 Å². The van der Waals surface area contributed by atoms with E-state index in [0.29, 0.717) is 0 Å². The minimum Gasteiger partial charge on any atom is -0.369 e. The number of rotatable bonds is 9. The molecule has 0 radical (unpaired) electrons. The molecule has 0 N–H and O–H groups in total. The molecule has 8 aromatic carbocycles. The highest BCUT2D eigenvalue weighted by Crippen LogP contribution is 2.58. The molecule has 12 rings (SSSR count). The summed E-state index contributed by atoms with van der Waals surface area (Å²) in [7, 11) is 2.16. The molecule has 318 valence electrons. The van der Waals surface area contributed by atoms with Crippen molar-refractivity contribution < 1.29 is 0 Å². The van der Waals surface area contributed by atoms with E-state index >= 15 is 0 Å². The Bertz CT molecular complexity index is 3340. The number of fused-ring (bicyclic) bond motifs is 9. The maximum atomic E-state index is 5.47. The average molecular weight is 850 g/mol. The summed E-state index contributed by atoms with van der Waals surface area (Å²) in [4.78, 5) is 10.1. The Morgan fingerprint density at radius 1 is 0.561 bits per heavy atom. The molecular weight excluding hydrogens is 799 g/mol. The van der Waals surface area contributed by atoms with Gasteiger partial charge in [-0.2, -0.15) is 0 Å². The highest BCUT2D eigenvalue weighted by molar-refractivity contribution is 5.98. The molecule has 0 saturated heterocycles. The zero-order valence-corrected chi connectivity index (χ0v) is 37.7. The normalized spacial score (nSPS) is 14.7. The van der Waals surface area contributed by atoms with Crippen LogP contribution in [-0.2, 0) is 10.8 Å². The number of aromatic nitrogens is 1. The molecule has 0 bridgehead atoms. The topological polar surface area (TPSA) is 19.4 Å². The van der Waals surface area contributed by atoms with Crippen molar-refractivity contribution in [1.82, 2.24) is 4.98 Å². The molecule has 0 unspecified atom stereocenters. The van der Waals surface area contributed by atoms with Gasteiger partial charge in [0.2, 0.25) is 0 Å². The summed E-state index contributed by atoms with van der Waals surface area (Å²) in [5.41, 5.74) is 20.8. The smallest absolute Gasteiger partial charge is 0.138 e. The highest BCUT2D eigenvalue weighted by Gasteiger charge is 2.46. The lowest BCUT2D eigenvalue weighted by Crippen LogP contribution is -2.28. The molecular formula is C63H51N3. The van der Waals surface area contributed by atoms with E-state index in [2.05, 4.69) is 249 Å². The second kappa shape index (κ2) is 15.7. The fraction of sp³-hybridized carbons (Fsp3) is 0.127. The largest absolute Gasteiger partial charge is 0.369 e. The Labute approximate surface area is 388 Å². The fourth-order valence-electron chi connectivity index (χ4n) is 11.9. The van der Waals surface area contributed by atoms with Crippen molar-refractivity contribution in [2.45, 2.75) is 37.5 Å². The van der Waals surface area contributed by atoms with Crippen LogP contribution in [0.3, 0.4) is 0 Å². The lowest BCUT2D eigenvalue weighted by atomic mass is 9.67. The molecule has 0 fully saturated rings. The first-order valence-corrected chi connectivity index (χ1v) is 23.5. The van der Waals surface area contributed by atoms with Crippen LogP contribution in [0.4, 0.5) is 22.9 Å². The van der Waals surface area contributed by atoms with E-state index in [9.17, 15) is 0 Å². The highest BCUT2D eigenvalue weighted by atomic mass is 15.2. The maximum absolute atomic E-state index is 5.47. The predicted molar refractivity (Wildman–Crippen MR) is 278 cm³/mol. The second-order valence-electron chi connectivity index (χ2n) is 18.2. The van der Waals surface area contributed by atoms with Crippen LogP contribution in [0.25, 0.3) is 51.4 Å². The van der Waals surface area contributed by atoms with Gasteiger partial charge in [-0.25, -0.2) is 4.98 Å². The first-order chi connectivity index (χ1) is 32.5. The molecule has 2 heterocycles. The first-order valence-electron chi connectivity index (χ1n) is 23.5. The number of benzene rings is 8. The molecule has 1 aliphatic heterocycles. The van der Waals surface area contributed by atoms with Crippen molar-refractivity contribution in [3.8, 4) is 22.3 Å². The van der Waals surface area contributed by atoms with Gasteiger partial charge >= 0.3 is 0 Å². The number of hydrogen-bond acceptors (Lipinski definition) is 3. The van der Waals surface area contributed by atoms with Gasteiger partial charge in [0, 0.05) is 35.8 Å². The van der Waals surface area contributed by atoms with Gasteiger partial charge in [-0.05, 0) is 122 Å². The molecule has 2 aliphatic carbocycles. The van der Waals surface area contributed by atoms with Gasteiger partial charge in [0.25, 0.3) is 0 Å². The monoisotopic (exact) mass is 849 g/mol. The quantitative estimate of drug-likeness (QED) is 0.135. The fourth-order valence-corrected chi connectivity index (χ4v) is 11.9. The molecule has 9 aromatic rings. The SMILES string of the molecule is CCC1(CC)c2cc(C=Cc3cccc4c3-c3ccccc3C4(c3ccccc3)c3ccccc3)ccc2-c2ccc(N(c3ccccc3)c3ccc4ccc5c(c4n3)N(C)CC=C5)cc21. The van der Waals surface area contributed by atoms with Crippen LogP contribution in [0, 0.1) is 0 Å². The summed E-state index contributed by atoms with van der Waals surface area (Å²) in [6.07, 6.45) is 11.1. The number of nitrogens with zero attached hydrogens (tertiary/aromatic N) is 3. The molecule has 1 aromatic heterocycles. The van der Waals surface area contributed by atoms with Crippen LogP contribution >= 0.6 is 0 Å². The van der Waals surface area contributed by atoms with Crippen LogP contribution < -0.4 is 9.80 Å². The van der Waals surface area contributed by atoms with E-state index in [1.807, 2.05) is 0 Å². The number of pyridine rings is 1. The average Bonchev–Trinajstić information content (AvgIpc) is 3.84. The predicted octanol–water partition coefficient (Wildman–Crippen LogP) is 15.8. The Balaban J connectivity index is 0.952. The Morgan fingerprint density at radius 2 is 1.21 bits per heavy atom. The third-order valence-electron chi connectivity index (χ3n) is 15.0. The van der Waals surface area contributed by atoms with Crippen molar-refractivity contribution in [2.24, 2.45) is 0 Å². The van der Waals surface area contributed by atoms with Gasteiger partial charge in [-0.3, -0.25) is 4.90 Å². The third-order valence-corrected chi connectivity index (χ3v) is 15.0. The van der Waals surface area contributed by atoms with Crippen LogP contribution in [0.5, 0.6) is 0 Å². The minimum atomic E-state index is -0.424. The van der Waals surface area contributed by atoms with Gasteiger partial charge in [-0.15, -0.1) is 0 Å². The van der Waals surface area contributed by atoms with Gasteiger partial charge in [-0.1, -0.05) is 196 Å². The van der Waals surface area contributed by atoms with Crippen molar-refractivity contribution in [1.29, 1.82) is 0 Å². The molecule has 3 nitrogen and oxygen atoms in total. The molecule has 3 heteroatoms. The van der Waals surface area contributed by atoms with Gasteiger partial charge in [0.05, 0.1) is 16.6 Å². The number of anilines is 4. The first kappa shape index (κ1) is 39.8. The van der Waals surface area contributed by atoms with Crippen LogP contribution in [0.15, 0.2) is 200 Å². The molecule has 0 atom stereocenters. The van der Waals surface area contributed by atoms with E-state index < -0.39 is 5.41 Å². The lowest BCUT2D eigenvalue weighted by molar-refractivity contribution is 0.490. The number of para-hydroxylation sites is 1. The summed E-state index contributed by atoms with van der Waals surface area (Å²) < 4.78 is 0. The summed E-state index contributed by atoms with van der Waals surface area (Å²) >= 11 is 0. The van der Waals surface area contributed by atoms with Crippen LogP contribution in [0.2, 0.25) is 0 Å². The van der Waals surface area contributed by atoms with Gasteiger partial charge < -0.3 is 4.90 Å². The molecule has 0 amide bonds. The zero-order valence-electron chi connectivity index (χ0n) is 37.7. The summed E-state index contributed by atoms with van der Waals surface area (Å²) in [6, 6.07) is 71.8.